The fraction of sp³-hybridized carbons (Fsp3) is 0.765. The molecule has 2 aliphatic rings. The number of hydrogen-bond donors (Lipinski definition) is 7. The second-order valence-electron chi connectivity index (χ2n) is 11.9. The van der Waals surface area contributed by atoms with Gasteiger partial charge in [0, 0.05) is 12.8 Å². The molecule has 7 N–H and O–H groups in total. The van der Waals surface area contributed by atoms with E-state index in [-0.39, 0.29) is 19.4 Å². The summed E-state index contributed by atoms with van der Waals surface area (Å²) in [5, 5.41) is 70.9. The monoisotopic (exact) mass is 704 g/mol. The van der Waals surface area contributed by atoms with Gasteiger partial charge in [0.25, 0.3) is 0 Å². The van der Waals surface area contributed by atoms with Crippen LogP contribution in [0.1, 0.15) is 71.6 Å². The van der Waals surface area contributed by atoms with Crippen molar-refractivity contribution in [1.82, 2.24) is 0 Å². The molecule has 0 radical (unpaired) electrons. The Hall–Kier alpha value is -2.28. The molecule has 2 fully saturated rings. The highest BCUT2D eigenvalue weighted by Crippen LogP contribution is 2.26. The highest BCUT2D eigenvalue weighted by atomic mass is 16.7. The number of allylic oxidation sites excluding steroid dienone is 6. The average molecular weight is 705 g/mol. The molecule has 2 rings (SSSR count). The third-order valence-corrected chi connectivity index (χ3v) is 7.94. The maximum Gasteiger partial charge on any atom is 0.306 e. The van der Waals surface area contributed by atoms with Crippen molar-refractivity contribution in [2.24, 2.45) is 0 Å². The summed E-state index contributed by atoms with van der Waals surface area (Å²) in [6, 6.07) is 0. The van der Waals surface area contributed by atoms with Crippen LogP contribution in [0.3, 0.4) is 0 Å². The molecular weight excluding hydrogens is 648 g/mol. The van der Waals surface area contributed by atoms with Gasteiger partial charge in [0.05, 0.1) is 19.8 Å². The van der Waals surface area contributed by atoms with E-state index in [4.69, 9.17) is 28.4 Å². The zero-order chi connectivity index (χ0) is 36.2. The van der Waals surface area contributed by atoms with Crippen LogP contribution in [0.4, 0.5) is 0 Å². The SMILES string of the molecule is CC/C=C\C/C=C\C/C=C\CCCCCC(=O)OC(COC(=O)CC)COC1OC(COC2OC(CO)C(O)C(O)C2O)C(O)C(O)C1O. The maximum atomic E-state index is 12.6. The van der Waals surface area contributed by atoms with Crippen LogP contribution in [0.15, 0.2) is 36.5 Å². The van der Waals surface area contributed by atoms with E-state index >= 15 is 0 Å². The summed E-state index contributed by atoms with van der Waals surface area (Å²) < 4.78 is 32.5. The largest absolute Gasteiger partial charge is 0.462 e. The van der Waals surface area contributed by atoms with Crippen molar-refractivity contribution in [2.45, 2.75) is 139 Å². The molecule has 0 aliphatic carbocycles. The van der Waals surface area contributed by atoms with Crippen LogP contribution in [0.5, 0.6) is 0 Å². The molecule has 0 aromatic carbocycles. The lowest BCUT2D eigenvalue weighted by Crippen LogP contribution is -2.61. The molecule has 0 bridgehead atoms. The molecule has 0 saturated carbocycles. The number of aliphatic hydroxyl groups is 7. The van der Waals surface area contributed by atoms with Gasteiger partial charge in [-0.25, -0.2) is 0 Å². The minimum absolute atomic E-state index is 0.0905. The van der Waals surface area contributed by atoms with Crippen molar-refractivity contribution in [2.75, 3.05) is 26.4 Å². The molecule has 15 heteroatoms. The molecule has 282 valence electrons. The highest BCUT2D eigenvalue weighted by Gasteiger charge is 2.47. The summed E-state index contributed by atoms with van der Waals surface area (Å²) in [5.41, 5.74) is 0. The summed E-state index contributed by atoms with van der Waals surface area (Å²) in [5.74, 6) is -1.07. The van der Waals surface area contributed by atoms with Gasteiger partial charge in [-0.1, -0.05) is 56.7 Å². The average Bonchev–Trinajstić information content (AvgIpc) is 3.10. The van der Waals surface area contributed by atoms with Gasteiger partial charge in [-0.3, -0.25) is 9.59 Å². The number of esters is 2. The molecule has 2 saturated heterocycles. The zero-order valence-electron chi connectivity index (χ0n) is 28.4. The van der Waals surface area contributed by atoms with Gasteiger partial charge in [0.15, 0.2) is 18.7 Å². The number of ether oxygens (including phenoxy) is 6. The van der Waals surface area contributed by atoms with Gasteiger partial charge in [-0.2, -0.15) is 0 Å². The van der Waals surface area contributed by atoms with E-state index in [1.165, 1.54) is 0 Å². The van der Waals surface area contributed by atoms with Crippen molar-refractivity contribution in [3.05, 3.63) is 36.5 Å². The first-order chi connectivity index (χ1) is 23.5. The first-order valence-corrected chi connectivity index (χ1v) is 17.1. The summed E-state index contributed by atoms with van der Waals surface area (Å²) in [7, 11) is 0. The van der Waals surface area contributed by atoms with E-state index in [1.807, 2.05) is 0 Å². The lowest BCUT2D eigenvalue weighted by Gasteiger charge is -2.42. The van der Waals surface area contributed by atoms with Gasteiger partial charge in [0.1, 0.15) is 55.4 Å². The number of carbonyl (C=O) groups is 2. The topological polar surface area (TPSA) is 231 Å². The standard InChI is InChI=1S/C34H56O15/c1-3-5-6-7-8-9-10-11-12-13-14-15-16-17-26(37)47-22(19-44-25(36)4-2)20-45-33-32(43)30(41)28(39)24(49-33)21-46-34-31(42)29(40)27(38)23(18-35)48-34/h5-6,8-9,11-12,22-24,27-35,38-43H,3-4,7,10,13-21H2,1-2H3/b6-5-,9-8-,12-11-. The Morgan fingerprint density at radius 3 is 1.90 bits per heavy atom. The molecule has 2 heterocycles. The Bertz CT molecular complexity index is 1020. The zero-order valence-corrected chi connectivity index (χ0v) is 28.4. The molecule has 0 spiro atoms. The van der Waals surface area contributed by atoms with Gasteiger partial charge in [0.2, 0.25) is 0 Å². The lowest BCUT2D eigenvalue weighted by molar-refractivity contribution is -0.332. The summed E-state index contributed by atoms with van der Waals surface area (Å²) in [4.78, 5) is 24.4. The highest BCUT2D eigenvalue weighted by molar-refractivity contribution is 5.70. The van der Waals surface area contributed by atoms with Crippen LogP contribution in [0.2, 0.25) is 0 Å². The van der Waals surface area contributed by atoms with E-state index in [2.05, 4.69) is 43.4 Å². The predicted octanol–water partition coefficient (Wildman–Crippen LogP) is 0.301. The third-order valence-electron chi connectivity index (χ3n) is 7.94. The van der Waals surface area contributed by atoms with Gasteiger partial charge >= 0.3 is 11.9 Å². The Kier molecular flexibility index (Phi) is 21.0. The number of rotatable bonds is 22. The third kappa shape index (κ3) is 15.2. The lowest BCUT2D eigenvalue weighted by atomic mass is 9.98. The predicted molar refractivity (Wildman–Crippen MR) is 174 cm³/mol. The van der Waals surface area contributed by atoms with E-state index in [1.54, 1.807) is 6.92 Å². The van der Waals surface area contributed by atoms with Crippen LogP contribution >= 0.6 is 0 Å². The quantitative estimate of drug-likeness (QED) is 0.0457. The second kappa shape index (κ2) is 24.0. The number of carbonyl (C=O) groups excluding carboxylic acids is 2. The molecule has 11 unspecified atom stereocenters. The van der Waals surface area contributed by atoms with Gasteiger partial charge < -0.3 is 64.2 Å². The van der Waals surface area contributed by atoms with E-state index in [0.717, 1.165) is 38.5 Å². The number of hydrogen-bond acceptors (Lipinski definition) is 15. The van der Waals surface area contributed by atoms with Crippen LogP contribution < -0.4 is 0 Å². The first kappa shape index (κ1) is 42.9. The van der Waals surface area contributed by atoms with Crippen LogP contribution in [-0.2, 0) is 38.0 Å². The fourth-order valence-corrected chi connectivity index (χ4v) is 4.97. The van der Waals surface area contributed by atoms with Crippen LogP contribution in [0, 0.1) is 0 Å². The van der Waals surface area contributed by atoms with Gasteiger partial charge in [-0.15, -0.1) is 0 Å². The van der Waals surface area contributed by atoms with Crippen molar-refractivity contribution in [3.63, 3.8) is 0 Å². The minimum Gasteiger partial charge on any atom is -0.462 e. The molecule has 15 nitrogen and oxygen atoms in total. The molecular formula is C34H56O15. The van der Waals surface area contributed by atoms with Crippen molar-refractivity contribution < 1.29 is 73.8 Å². The minimum atomic E-state index is -1.76. The van der Waals surface area contributed by atoms with E-state index < -0.39 is 99.3 Å². The Morgan fingerprint density at radius 2 is 1.27 bits per heavy atom. The summed E-state index contributed by atoms with van der Waals surface area (Å²) >= 11 is 0. The van der Waals surface area contributed by atoms with E-state index in [0.29, 0.717) is 6.42 Å². The second-order valence-corrected chi connectivity index (χ2v) is 11.9. The summed E-state index contributed by atoms with van der Waals surface area (Å²) in [6.07, 6.45) is 2.07. The normalized spacial score (nSPS) is 31.4. The molecule has 0 aromatic heterocycles. The smallest absolute Gasteiger partial charge is 0.306 e. The molecule has 0 aromatic rings. The van der Waals surface area contributed by atoms with Crippen molar-refractivity contribution in [3.8, 4) is 0 Å². The fourth-order valence-electron chi connectivity index (χ4n) is 4.97. The number of aliphatic hydroxyl groups excluding tert-OH is 7. The molecule has 0 amide bonds. The molecule has 2 aliphatic heterocycles. The Balaban J connectivity index is 1.84. The van der Waals surface area contributed by atoms with Crippen molar-refractivity contribution in [1.29, 1.82) is 0 Å². The molecule has 49 heavy (non-hydrogen) atoms. The maximum absolute atomic E-state index is 12.6. The Labute approximate surface area is 287 Å². The number of unbranched alkanes of at least 4 members (excludes halogenated alkanes) is 3. The molecule has 11 atom stereocenters. The first-order valence-electron chi connectivity index (χ1n) is 17.1. The van der Waals surface area contributed by atoms with Crippen LogP contribution in [-0.4, -0.2) is 142 Å². The Morgan fingerprint density at radius 1 is 0.673 bits per heavy atom. The van der Waals surface area contributed by atoms with Gasteiger partial charge in [-0.05, 0) is 38.5 Å². The summed E-state index contributed by atoms with van der Waals surface area (Å²) in [6.45, 7) is 1.75. The van der Waals surface area contributed by atoms with E-state index in [9.17, 15) is 45.3 Å². The van der Waals surface area contributed by atoms with Crippen LogP contribution in [0.25, 0.3) is 0 Å². The van der Waals surface area contributed by atoms with Crippen molar-refractivity contribution >= 4 is 11.9 Å².